The summed E-state index contributed by atoms with van der Waals surface area (Å²) < 4.78 is 2.44. The van der Waals surface area contributed by atoms with Gasteiger partial charge in [-0.25, -0.2) is 4.31 Å². The van der Waals surface area contributed by atoms with E-state index in [0.29, 0.717) is 12.0 Å². The number of piperazine rings is 1. The Morgan fingerprint density at radius 1 is 1.54 bits per heavy atom. The van der Waals surface area contributed by atoms with Gasteiger partial charge in [-0.15, -0.1) is 0 Å². The number of nitrogens with zero attached hydrogens (tertiary/aromatic N) is 2. The Morgan fingerprint density at radius 3 is 2.62 bits per heavy atom. The van der Waals surface area contributed by atoms with Gasteiger partial charge in [0.15, 0.2) is 0 Å². The zero-order chi connectivity index (χ0) is 10.0. The highest BCUT2D eigenvalue weighted by atomic mass is 32.2. The number of likely N-dealkylation sites (N-methyl/N-ethyl adjacent to an activating group) is 1. The van der Waals surface area contributed by atoms with Crippen LogP contribution in [0.2, 0.25) is 0 Å². The van der Waals surface area contributed by atoms with Gasteiger partial charge in [0.05, 0.1) is 0 Å². The highest BCUT2D eigenvalue weighted by Gasteiger charge is 2.28. The van der Waals surface area contributed by atoms with Crippen LogP contribution in [0, 0.1) is 5.92 Å². The predicted molar refractivity (Wildman–Crippen MR) is 60.6 cm³/mol. The van der Waals surface area contributed by atoms with Crippen LogP contribution in [0.1, 0.15) is 13.8 Å². The van der Waals surface area contributed by atoms with Crippen molar-refractivity contribution in [1.82, 2.24) is 9.21 Å². The summed E-state index contributed by atoms with van der Waals surface area (Å²) in [6, 6.07) is 0.658. The van der Waals surface area contributed by atoms with Crippen LogP contribution >= 0.6 is 11.9 Å². The van der Waals surface area contributed by atoms with E-state index in [0.717, 1.165) is 13.1 Å². The van der Waals surface area contributed by atoms with Crippen LogP contribution in [-0.2, 0) is 0 Å². The van der Waals surface area contributed by atoms with Gasteiger partial charge in [0.25, 0.3) is 0 Å². The Labute approximate surface area is 86.1 Å². The second-order valence-corrected chi connectivity index (χ2v) is 4.85. The summed E-state index contributed by atoms with van der Waals surface area (Å²) in [6.07, 6.45) is 2.15. The van der Waals surface area contributed by atoms with E-state index >= 15 is 0 Å². The Morgan fingerprint density at radius 2 is 2.15 bits per heavy atom. The molecule has 0 aromatic rings. The minimum absolute atomic E-state index is 0.658. The molecule has 1 saturated heterocycles. The van der Waals surface area contributed by atoms with Gasteiger partial charge in [-0.3, -0.25) is 0 Å². The maximum Gasteiger partial charge on any atom is 0.0488 e. The first-order valence-electron chi connectivity index (χ1n) is 4.76. The topological polar surface area (TPSA) is 6.48 Å². The molecule has 0 aliphatic carbocycles. The summed E-state index contributed by atoms with van der Waals surface area (Å²) in [7, 11) is 2.13. The second kappa shape index (κ2) is 4.38. The summed E-state index contributed by atoms with van der Waals surface area (Å²) in [6.45, 7) is 10.7. The fourth-order valence-electron chi connectivity index (χ4n) is 1.66. The van der Waals surface area contributed by atoms with E-state index in [4.69, 9.17) is 0 Å². The Balaban J connectivity index is 2.66. The van der Waals surface area contributed by atoms with Crippen molar-refractivity contribution < 1.29 is 0 Å². The number of rotatable bonds is 2. The first-order valence-corrected chi connectivity index (χ1v) is 5.94. The fraction of sp³-hybridized carbons (Fsp3) is 0.800. The lowest BCUT2D eigenvalue weighted by molar-refractivity contribution is 0.178. The van der Waals surface area contributed by atoms with Crippen LogP contribution in [-0.4, -0.2) is 41.6 Å². The third-order valence-electron chi connectivity index (χ3n) is 2.71. The van der Waals surface area contributed by atoms with E-state index in [2.05, 4.69) is 42.9 Å². The molecule has 1 atom stereocenters. The molecule has 2 nitrogen and oxygen atoms in total. The van der Waals surface area contributed by atoms with E-state index in [-0.39, 0.29) is 0 Å². The van der Waals surface area contributed by atoms with Gasteiger partial charge in [0.2, 0.25) is 0 Å². The van der Waals surface area contributed by atoms with E-state index in [1.807, 2.05) is 11.9 Å². The third-order valence-corrected chi connectivity index (χ3v) is 3.58. The van der Waals surface area contributed by atoms with Gasteiger partial charge in [-0.1, -0.05) is 32.4 Å². The van der Waals surface area contributed by atoms with Crippen LogP contribution in [0.15, 0.2) is 12.3 Å². The van der Waals surface area contributed by atoms with Gasteiger partial charge in [0, 0.05) is 31.9 Å². The van der Waals surface area contributed by atoms with Crippen LogP contribution in [0.25, 0.3) is 0 Å². The summed E-state index contributed by atoms with van der Waals surface area (Å²) >= 11 is 1.83. The van der Waals surface area contributed by atoms with Crippen molar-refractivity contribution in [3.8, 4) is 0 Å². The van der Waals surface area contributed by atoms with Crippen molar-refractivity contribution in [2.45, 2.75) is 19.9 Å². The molecule has 0 N–H and O–H groups in total. The molecule has 0 saturated carbocycles. The molecule has 1 aliphatic heterocycles. The molecular weight excluding hydrogens is 180 g/mol. The average Bonchev–Trinajstić information content (AvgIpc) is 2.08. The predicted octanol–water partition coefficient (Wildman–Crippen LogP) is 2.05. The van der Waals surface area contributed by atoms with Gasteiger partial charge in [-0.05, 0) is 12.2 Å². The zero-order valence-corrected chi connectivity index (χ0v) is 9.90. The molecular formula is C10H20N2S. The zero-order valence-electron chi connectivity index (χ0n) is 9.08. The lowest BCUT2D eigenvalue weighted by Crippen LogP contribution is -2.49. The highest BCUT2D eigenvalue weighted by Crippen LogP contribution is 2.25. The highest BCUT2D eigenvalue weighted by molar-refractivity contribution is 7.96. The van der Waals surface area contributed by atoms with E-state index in [1.54, 1.807) is 0 Å². The SMILES string of the molecule is C=C1CN(SC)C(C(C)C)CN1C. The molecule has 1 rings (SSSR count). The van der Waals surface area contributed by atoms with Crippen LogP contribution in [0.3, 0.4) is 0 Å². The second-order valence-electron chi connectivity index (χ2n) is 4.02. The first kappa shape index (κ1) is 10.9. The van der Waals surface area contributed by atoms with Crippen molar-refractivity contribution in [1.29, 1.82) is 0 Å². The monoisotopic (exact) mass is 200 g/mol. The lowest BCUT2D eigenvalue weighted by Gasteiger charge is -2.42. The largest absolute Gasteiger partial charge is 0.376 e. The minimum atomic E-state index is 0.658. The minimum Gasteiger partial charge on any atom is -0.376 e. The average molecular weight is 200 g/mol. The summed E-state index contributed by atoms with van der Waals surface area (Å²) in [4.78, 5) is 2.28. The lowest BCUT2D eigenvalue weighted by atomic mass is 10.0. The Bertz CT molecular complexity index is 191. The van der Waals surface area contributed by atoms with Crippen molar-refractivity contribution in [3.05, 3.63) is 12.3 Å². The normalized spacial score (nSPS) is 25.8. The van der Waals surface area contributed by atoms with Crippen LogP contribution in [0.5, 0.6) is 0 Å². The molecule has 1 aliphatic rings. The number of hydrogen-bond donors (Lipinski definition) is 0. The van der Waals surface area contributed by atoms with E-state index < -0.39 is 0 Å². The van der Waals surface area contributed by atoms with E-state index in [1.165, 1.54) is 5.70 Å². The van der Waals surface area contributed by atoms with Crippen molar-refractivity contribution in [2.24, 2.45) is 5.92 Å². The molecule has 1 fully saturated rings. The molecule has 76 valence electrons. The molecule has 0 aromatic heterocycles. The van der Waals surface area contributed by atoms with Gasteiger partial charge in [0.1, 0.15) is 0 Å². The van der Waals surface area contributed by atoms with Crippen LogP contribution < -0.4 is 0 Å². The standard InChI is InChI=1S/C10H20N2S/c1-8(2)10-7-11(4)9(3)6-12(10)13-5/h8,10H,3,6-7H2,1-2,4-5H3. The molecule has 0 radical (unpaired) electrons. The Kier molecular flexibility index (Phi) is 3.68. The molecule has 1 heterocycles. The number of hydrogen-bond acceptors (Lipinski definition) is 3. The third kappa shape index (κ3) is 2.41. The van der Waals surface area contributed by atoms with Gasteiger partial charge < -0.3 is 4.90 Å². The van der Waals surface area contributed by atoms with Crippen molar-refractivity contribution in [3.63, 3.8) is 0 Å². The summed E-state index contributed by atoms with van der Waals surface area (Å²) in [5.74, 6) is 0.711. The van der Waals surface area contributed by atoms with Gasteiger partial charge in [-0.2, -0.15) is 0 Å². The molecule has 0 spiro atoms. The fourth-order valence-corrected chi connectivity index (χ4v) is 2.52. The molecule has 3 heteroatoms. The molecule has 0 aromatic carbocycles. The quantitative estimate of drug-likeness (QED) is 0.630. The van der Waals surface area contributed by atoms with Crippen molar-refractivity contribution in [2.75, 3.05) is 26.4 Å². The van der Waals surface area contributed by atoms with Crippen molar-refractivity contribution >= 4 is 11.9 Å². The maximum atomic E-state index is 4.06. The van der Waals surface area contributed by atoms with Gasteiger partial charge >= 0.3 is 0 Å². The molecule has 13 heavy (non-hydrogen) atoms. The molecule has 0 amide bonds. The van der Waals surface area contributed by atoms with Crippen LogP contribution in [0.4, 0.5) is 0 Å². The maximum absolute atomic E-state index is 4.06. The first-order chi connectivity index (χ1) is 6.06. The Hall–Kier alpha value is -0.150. The molecule has 0 bridgehead atoms. The van der Waals surface area contributed by atoms with E-state index in [9.17, 15) is 0 Å². The summed E-state index contributed by atoms with van der Waals surface area (Å²) in [5, 5.41) is 0. The summed E-state index contributed by atoms with van der Waals surface area (Å²) in [5.41, 5.74) is 1.23. The smallest absolute Gasteiger partial charge is 0.0488 e. The molecule has 1 unspecified atom stereocenters.